The lowest BCUT2D eigenvalue weighted by atomic mass is 10.1. The minimum Gasteiger partial charge on any atom is -0.367 e. The van der Waals surface area contributed by atoms with Gasteiger partial charge in [0.05, 0.1) is 6.10 Å². The smallest absolute Gasteiger partial charge is 0.161 e. The predicted molar refractivity (Wildman–Crippen MR) is 102 cm³/mol. The number of pyridine rings is 1. The van der Waals surface area contributed by atoms with Gasteiger partial charge >= 0.3 is 0 Å². The van der Waals surface area contributed by atoms with E-state index in [1.807, 2.05) is 31.2 Å². The van der Waals surface area contributed by atoms with Crippen molar-refractivity contribution in [2.24, 2.45) is 0 Å². The second kappa shape index (κ2) is 7.22. The fraction of sp³-hybridized carbons (Fsp3) is 0.286. The normalized spacial score (nSPS) is 20.2. The van der Waals surface area contributed by atoms with Crippen LogP contribution in [0.3, 0.4) is 0 Å². The number of aromatic nitrogens is 3. The zero-order chi connectivity index (χ0) is 17.9. The van der Waals surface area contributed by atoms with Crippen molar-refractivity contribution < 1.29 is 4.74 Å². The molecule has 5 heteroatoms. The Hall–Kier alpha value is -2.79. The van der Waals surface area contributed by atoms with E-state index in [4.69, 9.17) is 9.72 Å². The van der Waals surface area contributed by atoms with Gasteiger partial charge in [0.25, 0.3) is 0 Å². The maximum Gasteiger partial charge on any atom is 0.161 e. The third kappa shape index (κ3) is 3.58. The first-order chi connectivity index (χ1) is 12.7. The van der Waals surface area contributed by atoms with Gasteiger partial charge in [-0.3, -0.25) is 4.98 Å². The average molecular weight is 346 g/mol. The molecule has 4 rings (SSSR count). The Morgan fingerprint density at radius 2 is 1.77 bits per heavy atom. The molecule has 1 aromatic carbocycles. The number of hydrogen-bond acceptors (Lipinski definition) is 5. The molecular formula is C21H22N4O. The van der Waals surface area contributed by atoms with Crippen LogP contribution < -0.4 is 4.90 Å². The van der Waals surface area contributed by atoms with Gasteiger partial charge in [0.2, 0.25) is 0 Å². The fourth-order valence-corrected chi connectivity index (χ4v) is 3.33. The van der Waals surface area contributed by atoms with Gasteiger partial charge in [0, 0.05) is 42.8 Å². The minimum absolute atomic E-state index is 0.0413. The number of anilines is 1. The van der Waals surface area contributed by atoms with E-state index < -0.39 is 0 Å². The summed E-state index contributed by atoms with van der Waals surface area (Å²) in [6, 6.07) is 16.3. The lowest BCUT2D eigenvalue weighted by Crippen LogP contribution is -2.43. The molecule has 0 saturated carbocycles. The predicted octanol–water partition coefficient (Wildman–Crippen LogP) is 3.81. The summed E-state index contributed by atoms with van der Waals surface area (Å²) in [6.07, 6.45) is 3.71. The van der Waals surface area contributed by atoms with E-state index in [0.29, 0.717) is 0 Å². The van der Waals surface area contributed by atoms with Crippen LogP contribution >= 0.6 is 0 Å². The Morgan fingerprint density at radius 1 is 1.00 bits per heavy atom. The number of rotatable bonds is 3. The van der Waals surface area contributed by atoms with Crippen molar-refractivity contribution in [3.63, 3.8) is 0 Å². The molecule has 0 amide bonds. The Balaban J connectivity index is 1.65. The highest BCUT2D eigenvalue weighted by molar-refractivity contribution is 5.57. The Morgan fingerprint density at radius 3 is 2.54 bits per heavy atom. The zero-order valence-electron chi connectivity index (χ0n) is 15.0. The molecule has 1 aliphatic rings. The van der Waals surface area contributed by atoms with Crippen molar-refractivity contribution in [3.8, 4) is 11.4 Å². The van der Waals surface area contributed by atoms with E-state index in [0.717, 1.165) is 36.0 Å². The van der Waals surface area contributed by atoms with Crippen LogP contribution in [0.25, 0.3) is 11.4 Å². The van der Waals surface area contributed by atoms with Crippen LogP contribution in [0.4, 0.5) is 5.82 Å². The van der Waals surface area contributed by atoms with Gasteiger partial charge in [0.15, 0.2) is 5.82 Å². The lowest BCUT2D eigenvalue weighted by Gasteiger charge is -2.38. The van der Waals surface area contributed by atoms with Crippen LogP contribution in [-0.2, 0) is 4.74 Å². The minimum atomic E-state index is 0.0413. The molecule has 0 radical (unpaired) electrons. The number of nitrogens with zero attached hydrogens (tertiary/aromatic N) is 4. The molecule has 26 heavy (non-hydrogen) atoms. The first-order valence-corrected chi connectivity index (χ1v) is 8.90. The van der Waals surface area contributed by atoms with E-state index in [1.165, 1.54) is 5.56 Å². The van der Waals surface area contributed by atoms with E-state index in [-0.39, 0.29) is 12.2 Å². The second-order valence-electron chi connectivity index (χ2n) is 6.68. The number of aryl methyl sites for hydroxylation is 1. The quantitative estimate of drug-likeness (QED) is 0.722. The van der Waals surface area contributed by atoms with Crippen LogP contribution in [0.1, 0.15) is 24.3 Å². The standard InChI is InChI=1S/C21H22N4O/c1-15-12-20(24-21(23-15)18-8-10-22-11-9-18)25-13-16(2)26-19(14-25)17-6-4-3-5-7-17/h3-12,16,19H,13-14H2,1-2H3/t16-,19+/m0/s1. The third-order valence-electron chi connectivity index (χ3n) is 4.53. The first-order valence-electron chi connectivity index (χ1n) is 8.90. The third-order valence-corrected chi connectivity index (χ3v) is 4.53. The van der Waals surface area contributed by atoms with Crippen molar-refractivity contribution >= 4 is 5.82 Å². The number of benzene rings is 1. The highest BCUT2D eigenvalue weighted by atomic mass is 16.5. The molecule has 3 heterocycles. The van der Waals surface area contributed by atoms with Crippen LogP contribution in [0.15, 0.2) is 60.9 Å². The van der Waals surface area contributed by atoms with Crippen molar-refractivity contribution in [3.05, 3.63) is 72.2 Å². The van der Waals surface area contributed by atoms with E-state index in [2.05, 4.69) is 46.1 Å². The van der Waals surface area contributed by atoms with Gasteiger partial charge in [-0.1, -0.05) is 30.3 Å². The monoisotopic (exact) mass is 346 g/mol. The highest BCUT2D eigenvalue weighted by Gasteiger charge is 2.27. The van der Waals surface area contributed by atoms with E-state index in [1.54, 1.807) is 12.4 Å². The molecule has 2 atom stereocenters. The van der Waals surface area contributed by atoms with Gasteiger partial charge in [0.1, 0.15) is 11.9 Å². The van der Waals surface area contributed by atoms with Crippen molar-refractivity contribution in [2.75, 3.05) is 18.0 Å². The Bertz CT molecular complexity index is 870. The topological polar surface area (TPSA) is 51.1 Å². The molecule has 0 spiro atoms. The summed E-state index contributed by atoms with van der Waals surface area (Å²) in [5, 5.41) is 0. The zero-order valence-corrected chi connectivity index (χ0v) is 15.0. The summed E-state index contributed by atoms with van der Waals surface area (Å²) in [7, 11) is 0. The fourth-order valence-electron chi connectivity index (χ4n) is 3.33. The lowest BCUT2D eigenvalue weighted by molar-refractivity contribution is -0.0176. The molecule has 132 valence electrons. The Kier molecular flexibility index (Phi) is 4.63. The maximum absolute atomic E-state index is 6.18. The Labute approximate surface area is 153 Å². The number of ether oxygens (including phenoxy) is 1. The molecule has 0 N–H and O–H groups in total. The van der Waals surface area contributed by atoms with E-state index in [9.17, 15) is 0 Å². The van der Waals surface area contributed by atoms with Crippen molar-refractivity contribution in [2.45, 2.75) is 26.1 Å². The summed E-state index contributed by atoms with van der Waals surface area (Å²) < 4.78 is 6.18. The van der Waals surface area contributed by atoms with Crippen LogP contribution in [0.2, 0.25) is 0 Å². The molecule has 0 bridgehead atoms. The maximum atomic E-state index is 6.18. The van der Waals surface area contributed by atoms with Gasteiger partial charge in [-0.2, -0.15) is 0 Å². The van der Waals surface area contributed by atoms with Crippen LogP contribution in [0, 0.1) is 6.92 Å². The highest BCUT2D eigenvalue weighted by Crippen LogP contribution is 2.29. The summed E-state index contributed by atoms with van der Waals surface area (Å²) in [4.78, 5) is 15.8. The summed E-state index contributed by atoms with van der Waals surface area (Å²) >= 11 is 0. The molecule has 1 saturated heterocycles. The molecule has 2 aromatic heterocycles. The molecule has 5 nitrogen and oxygen atoms in total. The molecule has 1 aliphatic heterocycles. The number of morpholine rings is 1. The molecule has 1 fully saturated rings. The van der Waals surface area contributed by atoms with Gasteiger partial charge in [-0.05, 0) is 31.5 Å². The van der Waals surface area contributed by atoms with Gasteiger partial charge in [-0.25, -0.2) is 9.97 Å². The summed E-state index contributed by atoms with van der Waals surface area (Å²) in [5.41, 5.74) is 3.13. The molecular weight excluding hydrogens is 324 g/mol. The summed E-state index contributed by atoms with van der Waals surface area (Å²) in [5.74, 6) is 1.68. The molecule has 0 unspecified atom stereocenters. The SMILES string of the molecule is Cc1cc(N2C[C@H](C)O[C@@H](c3ccccc3)C2)nc(-c2ccncc2)n1. The van der Waals surface area contributed by atoms with Crippen molar-refractivity contribution in [1.82, 2.24) is 15.0 Å². The first kappa shape index (κ1) is 16.7. The van der Waals surface area contributed by atoms with E-state index >= 15 is 0 Å². The molecule has 0 aliphatic carbocycles. The van der Waals surface area contributed by atoms with Gasteiger partial charge in [-0.15, -0.1) is 0 Å². The summed E-state index contributed by atoms with van der Waals surface area (Å²) in [6.45, 7) is 5.71. The van der Waals surface area contributed by atoms with Crippen LogP contribution in [0.5, 0.6) is 0 Å². The number of hydrogen-bond donors (Lipinski definition) is 0. The molecule has 3 aromatic rings. The second-order valence-corrected chi connectivity index (χ2v) is 6.68. The largest absolute Gasteiger partial charge is 0.367 e. The van der Waals surface area contributed by atoms with Gasteiger partial charge < -0.3 is 9.64 Å². The average Bonchev–Trinajstić information content (AvgIpc) is 2.68. The van der Waals surface area contributed by atoms with Crippen LogP contribution in [-0.4, -0.2) is 34.1 Å². The van der Waals surface area contributed by atoms with Crippen molar-refractivity contribution in [1.29, 1.82) is 0 Å².